The molecule has 0 saturated heterocycles. The van der Waals surface area contributed by atoms with Gasteiger partial charge in [-0.05, 0) is 54.1 Å². The lowest BCUT2D eigenvalue weighted by Crippen LogP contribution is -2.10. The third kappa shape index (κ3) is 6.35. The van der Waals surface area contributed by atoms with Crippen molar-refractivity contribution >= 4 is 21.9 Å². The summed E-state index contributed by atoms with van der Waals surface area (Å²) in [5.41, 5.74) is 0.404. The first-order chi connectivity index (χ1) is 11.2. The molecule has 0 saturated carbocycles. The number of esters is 1. The van der Waals surface area contributed by atoms with E-state index in [-0.39, 0.29) is 24.7 Å². The molecule has 0 spiro atoms. The van der Waals surface area contributed by atoms with Crippen LogP contribution in [0.15, 0.2) is 40.3 Å². The van der Waals surface area contributed by atoms with Crippen LogP contribution in [-0.4, -0.2) is 17.7 Å². The number of hydrogen-bond donors (Lipinski definition) is 1. The van der Waals surface area contributed by atoms with Crippen molar-refractivity contribution in [3.05, 3.63) is 51.7 Å². The number of halogens is 2. The Hall–Kier alpha value is -1.82. The van der Waals surface area contributed by atoms with Crippen molar-refractivity contribution in [2.75, 3.05) is 6.61 Å². The number of rotatable bonds is 7. The molecule has 4 nitrogen and oxygen atoms in total. The van der Waals surface area contributed by atoms with Gasteiger partial charge in [0.1, 0.15) is 23.1 Å². The molecule has 0 heterocycles. The van der Waals surface area contributed by atoms with Crippen molar-refractivity contribution in [1.82, 2.24) is 0 Å². The van der Waals surface area contributed by atoms with Crippen LogP contribution in [0.5, 0.6) is 5.75 Å². The second-order valence-electron chi connectivity index (χ2n) is 5.47. The van der Waals surface area contributed by atoms with Crippen LogP contribution in [0, 0.1) is 11.7 Å². The number of hydrogen-bond acceptors (Lipinski definition) is 4. The molecular weight excluding hydrogens is 379 g/mol. The topological polar surface area (TPSA) is 55.8 Å². The number of aliphatic hydroxyl groups is 1. The molecule has 0 bridgehead atoms. The van der Waals surface area contributed by atoms with Gasteiger partial charge in [0.25, 0.3) is 0 Å². The summed E-state index contributed by atoms with van der Waals surface area (Å²) in [6.07, 6.45) is 1.57. The highest BCUT2D eigenvalue weighted by molar-refractivity contribution is 9.11. The second-order valence-corrected chi connectivity index (χ2v) is 6.32. The minimum atomic E-state index is -0.455. The Bertz CT molecular complexity index is 646. The molecule has 24 heavy (non-hydrogen) atoms. The highest BCUT2D eigenvalue weighted by Crippen LogP contribution is 2.27. The molecule has 6 heteroatoms. The van der Waals surface area contributed by atoms with Crippen LogP contribution < -0.4 is 4.74 Å². The molecule has 0 amide bonds. The molecule has 1 rings (SSSR count). The summed E-state index contributed by atoms with van der Waals surface area (Å²) in [4.78, 5) is 11.7. The van der Waals surface area contributed by atoms with E-state index in [1.807, 2.05) is 13.8 Å². The van der Waals surface area contributed by atoms with Gasteiger partial charge in [0, 0.05) is 11.5 Å². The summed E-state index contributed by atoms with van der Waals surface area (Å²) in [7, 11) is 0. The molecule has 1 aromatic rings. The van der Waals surface area contributed by atoms with E-state index < -0.39 is 11.8 Å². The van der Waals surface area contributed by atoms with Gasteiger partial charge < -0.3 is 14.6 Å². The van der Waals surface area contributed by atoms with E-state index in [9.17, 15) is 14.3 Å². The Labute approximate surface area is 150 Å². The quantitative estimate of drug-likeness (QED) is 0.395. The smallest absolute Gasteiger partial charge is 0.310 e. The maximum Gasteiger partial charge on any atom is 0.310 e. The van der Waals surface area contributed by atoms with Gasteiger partial charge in [-0.1, -0.05) is 13.8 Å². The van der Waals surface area contributed by atoms with Crippen LogP contribution in [0.25, 0.3) is 0 Å². The SMILES string of the molecule is CCOC(=O)Cc1cc(F)ccc1O/C(=C/C(Br)=C(\C)O)C(C)C. The van der Waals surface area contributed by atoms with Gasteiger partial charge in [-0.15, -0.1) is 0 Å². The van der Waals surface area contributed by atoms with Gasteiger partial charge in [0.05, 0.1) is 17.5 Å². The highest BCUT2D eigenvalue weighted by Gasteiger charge is 2.15. The van der Waals surface area contributed by atoms with Crippen molar-refractivity contribution < 1.29 is 23.8 Å². The van der Waals surface area contributed by atoms with Crippen molar-refractivity contribution in [2.45, 2.75) is 34.1 Å². The molecule has 0 unspecified atom stereocenters. The van der Waals surface area contributed by atoms with Crippen LogP contribution in [0.1, 0.15) is 33.3 Å². The lowest BCUT2D eigenvalue weighted by molar-refractivity contribution is -0.142. The molecule has 1 N–H and O–H groups in total. The number of allylic oxidation sites excluding steroid dienone is 4. The molecule has 0 aromatic heterocycles. The van der Waals surface area contributed by atoms with E-state index in [1.165, 1.54) is 18.2 Å². The standard InChI is InChI=1S/C18H22BrFO4/c1-5-23-18(22)9-13-8-14(20)6-7-16(13)24-17(11(2)3)10-15(19)12(4)21/h6-8,10-11,21H,5,9H2,1-4H3/b15-12-,17-10+. The first-order valence-corrected chi connectivity index (χ1v) is 8.42. The molecule has 0 atom stereocenters. The number of carbonyl (C=O) groups is 1. The minimum absolute atomic E-state index is 0.0115. The van der Waals surface area contributed by atoms with Crippen molar-refractivity contribution in [1.29, 1.82) is 0 Å². The maximum atomic E-state index is 13.5. The van der Waals surface area contributed by atoms with Crippen LogP contribution in [-0.2, 0) is 16.0 Å². The molecule has 0 fully saturated rings. The Kier molecular flexibility index (Phi) is 7.98. The van der Waals surface area contributed by atoms with Gasteiger partial charge in [-0.3, -0.25) is 4.79 Å². The number of ether oxygens (including phenoxy) is 2. The normalized spacial score (nSPS) is 12.9. The van der Waals surface area contributed by atoms with E-state index in [0.717, 1.165) is 0 Å². The van der Waals surface area contributed by atoms with Crippen LogP contribution in [0.4, 0.5) is 4.39 Å². The molecule has 0 radical (unpaired) electrons. The summed E-state index contributed by atoms with van der Waals surface area (Å²) in [5, 5.41) is 9.51. The predicted octanol–water partition coefficient (Wildman–Crippen LogP) is 5.03. The van der Waals surface area contributed by atoms with Crippen LogP contribution in [0.2, 0.25) is 0 Å². The van der Waals surface area contributed by atoms with E-state index in [2.05, 4.69) is 15.9 Å². The third-order valence-corrected chi connectivity index (χ3v) is 3.88. The average molecular weight is 401 g/mol. The Morgan fingerprint density at radius 1 is 1.42 bits per heavy atom. The lowest BCUT2D eigenvalue weighted by Gasteiger charge is -2.16. The fourth-order valence-corrected chi connectivity index (χ4v) is 2.05. The maximum absolute atomic E-state index is 13.5. The molecular formula is C18H22BrFO4. The second kappa shape index (κ2) is 9.47. The van der Waals surface area contributed by atoms with Crippen molar-refractivity contribution in [3.63, 3.8) is 0 Å². The van der Waals surface area contributed by atoms with Gasteiger partial charge in [-0.25, -0.2) is 4.39 Å². The van der Waals surface area contributed by atoms with Gasteiger partial charge in [-0.2, -0.15) is 0 Å². The number of carbonyl (C=O) groups excluding carboxylic acids is 1. The zero-order valence-electron chi connectivity index (χ0n) is 14.2. The largest absolute Gasteiger partial charge is 0.511 e. The molecule has 0 aliphatic heterocycles. The summed E-state index contributed by atoms with van der Waals surface area (Å²) in [6, 6.07) is 4.00. The molecule has 1 aromatic carbocycles. The summed E-state index contributed by atoms with van der Waals surface area (Å²) >= 11 is 3.25. The highest BCUT2D eigenvalue weighted by atomic mass is 79.9. The number of aliphatic hydroxyl groups excluding tert-OH is 1. The van der Waals surface area contributed by atoms with Gasteiger partial charge in [0.15, 0.2) is 0 Å². The van der Waals surface area contributed by atoms with Crippen molar-refractivity contribution in [2.24, 2.45) is 5.92 Å². The third-order valence-electron chi connectivity index (χ3n) is 3.07. The molecule has 0 aliphatic carbocycles. The Morgan fingerprint density at radius 3 is 2.62 bits per heavy atom. The Morgan fingerprint density at radius 2 is 2.08 bits per heavy atom. The van der Waals surface area contributed by atoms with Gasteiger partial charge in [0.2, 0.25) is 0 Å². The van der Waals surface area contributed by atoms with Crippen LogP contribution in [0.3, 0.4) is 0 Å². The first-order valence-electron chi connectivity index (χ1n) is 7.63. The fourth-order valence-electron chi connectivity index (χ4n) is 1.82. The van der Waals surface area contributed by atoms with E-state index in [1.54, 1.807) is 19.9 Å². The van der Waals surface area contributed by atoms with E-state index in [0.29, 0.717) is 21.6 Å². The zero-order chi connectivity index (χ0) is 18.3. The predicted molar refractivity (Wildman–Crippen MR) is 94.5 cm³/mol. The van der Waals surface area contributed by atoms with Gasteiger partial charge >= 0.3 is 5.97 Å². The summed E-state index contributed by atoms with van der Waals surface area (Å²) in [5.74, 6) is 0.159. The summed E-state index contributed by atoms with van der Waals surface area (Å²) in [6.45, 7) is 7.36. The monoisotopic (exact) mass is 400 g/mol. The lowest BCUT2D eigenvalue weighted by atomic mass is 10.1. The van der Waals surface area contributed by atoms with Crippen molar-refractivity contribution in [3.8, 4) is 5.75 Å². The molecule has 0 aliphatic rings. The molecule has 132 valence electrons. The Balaban J connectivity index is 3.16. The average Bonchev–Trinajstić information content (AvgIpc) is 2.48. The van der Waals surface area contributed by atoms with Crippen LogP contribution >= 0.6 is 15.9 Å². The minimum Gasteiger partial charge on any atom is -0.511 e. The zero-order valence-corrected chi connectivity index (χ0v) is 15.8. The number of benzene rings is 1. The first kappa shape index (κ1) is 20.2. The van der Waals surface area contributed by atoms with E-state index >= 15 is 0 Å². The van der Waals surface area contributed by atoms with E-state index in [4.69, 9.17) is 9.47 Å². The fraction of sp³-hybridized carbons (Fsp3) is 0.389. The summed E-state index contributed by atoms with van der Waals surface area (Å²) < 4.78 is 24.8.